The molecule has 35 heavy (non-hydrogen) atoms. The summed E-state index contributed by atoms with van der Waals surface area (Å²) in [7, 11) is 0. The third-order valence-corrected chi connectivity index (χ3v) is 6.33. The van der Waals surface area contributed by atoms with Crippen molar-refractivity contribution in [2.75, 3.05) is 19.9 Å². The van der Waals surface area contributed by atoms with Crippen LogP contribution < -0.4 is 9.47 Å². The lowest BCUT2D eigenvalue weighted by atomic mass is 10.1. The summed E-state index contributed by atoms with van der Waals surface area (Å²) in [5.74, 6) is 2.33. The van der Waals surface area contributed by atoms with Crippen LogP contribution in [0.15, 0.2) is 72.9 Å². The number of ether oxygens (including phenoxy) is 3. The fraction of sp³-hybridized carbons (Fsp3) is 0.222. The van der Waals surface area contributed by atoms with E-state index in [1.165, 1.54) is 0 Å². The molecule has 1 unspecified atom stereocenters. The predicted octanol–water partition coefficient (Wildman–Crippen LogP) is 4.99. The normalized spacial score (nSPS) is 16.5. The van der Waals surface area contributed by atoms with E-state index in [2.05, 4.69) is 9.97 Å². The Morgan fingerprint density at radius 2 is 1.91 bits per heavy atom. The smallest absolute Gasteiger partial charge is 0.410 e. The molecular formula is C27H24N4O4. The van der Waals surface area contributed by atoms with Gasteiger partial charge >= 0.3 is 6.09 Å². The quantitative estimate of drug-likeness (QED) is 0.444. The molecule has 6 rings (SSSR count). The number of hydrogen-bond donors (Lipinski definition) is 1. The van der Waals surface area contributed by atoms with Gasteiger partial charge < -0.3 is 24.1 Å². The molecule has 0 radical (unpaired) electrons. The number of aromatic nitrogens is 3. The van der Waals surface area contributed by atoms with E-state index in [0.717, 1.165) is 46.2 Å². The van der Waals surface area contributed by atoms with Crippen molar-refractivity contribution in [3.05, 3.63) is 84.3 Å². The number of hydrogen-bond acceptors (Lipinski definition) is 6. The Balaban J connectivity index is 1.24. The van der Waals surface area contributed by atoms with Crippen LogP contribution in [0, 0.1) is 0 Å². The SMILES string of the molecule is O=C(OCc1ccccc1)N1CCC(c2nc(-c3ccc4c(c3)OCO4)c(-c3ccccn3)[nH]2)C1. The van der Waals surface area contributed by atoms with Crippen LogP contribution in [0.25, 0.3) is 22.6 Å². The molecular weight excluding hydrogens is 444 g/mol. The number of carbonyl (C=O) groups is 1. The molecule has 0 aliphatic carbocycles. The highest BCUT2D eigenvalue weighted by Crippen LogP contribution is 2.39. The van der Waals surface area contributed by atoms with E-state index >= 15 is 0 Å². The van der Waals surface area contributed by atoms with E-state index < -0.39 is 0 Å². The topological polar surface area (TPSA) is 89.6 Å². The first-order chi connectivity index (χ1) is 17.2. The number of pyridine rings is 1. The Morgan fingerprint density at radius 3 is 2.77 bits per heavy atom. The molecule has 0 bridgehead atoms. The van der Waals surface area contributed by atoms with E-state index in [0.29, 0.717) is 18.8 Å². The molecule has 8 heteroatoms. The van der Waals surface area contributed by atoms with E-state index in [1.807, 2.05) is 66.7 Å². The molecule has 1 N–H and O–H groups in total. The fourth-order valence-corrected chi connectivity index (χ4v) is 4.49. The van der Waals surface area contributed by atoms with Crippen LogP contribution in [0.3, 0.4) is 0 Å². The Kier molecular flexibility index (Phi) is 5.54. The minimum Gasteiger partial charge on any atom is -0.454 e. The van der Waals surface area contributed by atoms with Gasteiger partial charge in [0.25, 0.3) is 0 Å². The maximum Gasteiger partial charge on any atom is 0.410 e. The molecule has 1 fully saturated rings. The number of aromatic amines is 1. The van der Waals surface area contributed by atoms with Gasteiger partial charge in [-0.2, -0.15) is 0 Å². The zero-order valence-corrected chi connectivity index (χ0v) is 19.0. The summed E-state index contributed by atoms with van der Waals surface area (Å²) in [6.45, 7) is 1.65. The number of amides is 1. The van der Waals surface area contributed by atoms with Crippen molar-refractivity contribution in [3.63, 3.8) is 0 Å². The molecule has 1 atom stereocenters. The monoisotopic (exact) mass is 468 g/mol. The highest BCUT2D eigenvalue weighted by molar-refractivity contribution is 5.78. The number of fused-ring (bicyclic) bond motifs is 1. The highest BCUT2D eigenvalue weighted by Gasteiger charge is 2.31. The minimum atomic E-state index is -0.302. The van der Waals surface area contributed by atoms with Crippen molar-refractivity contribution in [3.8, 4) is 34.1 Å². The average molecular weight is 469 g/mol. The predicted molar refractivity (Wildman–Crippen MR) is 129 cm³/mol. The van der Waals surface area contributed by atoms with Crippen LogP contribution in [0.5, 0.6) is 11.5 Å². The van der Waals surface area contributed by atoms with Gasteiger partial charge in [-0.3, -0.25) is 4.98 Å². The summed E-state index contributed by atoms with van der Waals surface area (Å²) in [6, 6.07) is 21.3. The van der Waals surface area contributed by atoms with E-state index in [-0.39, 0.29) is 25.4 Å². The molecule has 8 nitrogen and oxygen atoms in total. The number of H-pyrrole nitrogens is 1. The van der Waals surface area contributed by atoms with Crippen LogP contribution in [-0.2, 0) is 11.3 Å². The lowest BCUT2D eigenvalue weighted by molar-refractivity contribution is 0.104. The van der Waals surface area contributed by atoms with Crippen LogP contribution in [-0.4, -0.2) is 45.8 Å². The Labute approximate surface area is 202 Å². The Bertz CT molecular complexity index is 1340. The summed E-state index contributed by atoms with van der Waals surface area (Å²) in [6.07, 6.45) is 2.26. The molecule has 2 aromatic carbocycles. The van der Waals surface area contributed by atoms with E-state index in [9.17, 15) is 4.79 Å². The average Bonchev–Trinajstić information content (AvgIpc) is 3.67. The number of rotatable bonds is 5. The van der Waals surface area contributed by atoms with Crippen molar-refractivity contribution in [2.45, 2.75) is 18.9 Å². The highest BCUT2D eigenvalue weighted by atomic mass is 16.7. The molecule has 176 valence electrons. The second-order valence-corrected chi connectivity index (χ2v) is 8.60. The Morgan fingerprint density at radius 1 is 1.06 bits per heavy atom. The maximum atomic E-state index is 12.7. The van der Waals surface area contributed by atoms with Gasteiger partial charge in [0.05, 0.1) is 17.1 Å². The van der Waals surface area contributed by atoms with Crippen molar-refractivity contribution < 1.29 is 19.0 Å². The van der Waals surface area contributed by atoms with Crippen LogP contribution >= 0.6 is 0 Å². The first-order valence-electron chi connectivity index (χ1n) is 11.6. The zero-order chi connectivity index (χ0) is 23.6. The molecule has 1 amide bonds. The van der Waals surface area contributed by atoms with Crippen molar-refractivity contribution in [1.29, 1.82) is 0 Å². The standard InChI is InChI=1S/C27H24N4O4/c32-27(33-16-18-6-2-1-3-7-18)31-13-11-20(15-31)26-29-24(25(30-26)21-8-4-5-12-28-21)19-9-10-22-23(14-19)35-17-34-22/h1-10,12,14,20H,11,13,15-17H2,(H,29,30). The van der Waals surface area contributed by atoms with Gasteiger partial charge in [-0.15, -0.1) is 0 Å². The summed E-state index contributed by atoms with van der Waals surface area (Å²) in [5, 5.41) is 0. The molecule has 4 aromatic rings. The second kappa shape index (κ2) is 9.13. The molecule has 2 aromatic heterocycles. The van der Waals surface area contributed by atoms with Gasteiger partial charge in [-0.1, -0.05) is 36.4 Å². The summed E-state index contributed by atoms with van der Waals surface area (Å²) >= 11 is 0. The zero-order valence-electron chi connectivity index (χ0n) is 19.0. The van der Waals surface area contributed by atoms with E-state index in [4.69, 9.17) is 19.2 Å². The molecule has 2 aliphatic heterocycles. The largest absolute Gasteiger partial charge is 0.454 e. The lowest BCUT2D eigenvalue weighted by Gasteiger charge is -2.16. The van der Waals surface area contributed by atoms with Gasteiger partial charge in [0, 0.05) is 30.8 Å². The number of benzene rings is 2. The van der Waals surface area contributed by atoms with Gasteiger partial charge in [0.1, 0.15) is 12.4 Å². The van der Waals surface area contributed by atoms with Gasteiger partial charge in [-0.25, -0.2) is 9.78 Å². The third kappa shape index (κ3) is 4.30. The number of nitrogens with zero attached hydrogens (tertiary/aromatic N) is 3. The summed E-state index contributed by atoms with van der Waals surface area (Å²) in [5.41, 5.74) is 4.31. The molecule has 2 aliphatic rings. The second-order valence-electron chi connectivity index (χ2n) is 8.60. The van der Waals surface area contributed by atoms with Crippen molar-refractivity contribution in [2.24, 2.45) is 0 Å². The minimum absolute atomic E-state index is 0.0736. The fourth-order valence-electron chi connectivity index (χ4n) is 4.49. The lowest BCUT2D eigenvalue weighted by Crippen LogP contribution is -2.29. The van der Waals surface area contributed by atoms with Crippen LogP contribution in [0.2, 0.25) is 0 Å². The molecule has 1 saturated heterocycles. The number of likely N-dealkylation sites (tertiary alicyclic amines) is 1. The third-order valence-electron chi connectivity index (χ3n) is 6.33. The Hall–Kier alpha value is -4.33. The molecule has 4 heterocycles. The van der Waals surface area contributed by atoms with Crippen LogP contribution in [0.4, 0.5) is 4.79 Å². The number of imidazole rings is 1. The molecule has 0 saturated carbocycles. The number of nitrogens with one attached hydrogen (secondary N) is 1. The maximum absolute atomic E-state index is 12.7. The van der Waals surface area contributed by atoms with Crippen molar-refractivity contribution >= 4 is 6.09 Å². The van der Waals surface area contributed by atoms with E-state index in [1.54, 1.807) is 11.1 Å². The first kappa shape index (κ1) is 21.2. The van der Waals surface area contributed by atoms with Gasteiger partial charge in [0.15, 0.2) is 11.5 Å². The number of carbonyl (C=O) groups excluding carboxylic acids is 1. The van der Waals surface area contributed by atoms with Crippen molar-refractivity contribution in [1.82, 2.24) is 19.9 Å². The van der Waals surface area contributed by atoms with Gasteiger partial charge in [0.2, 0.25) is 6.79 Å². The molecule has 0 spiro atoms. The van der Waals surface area contributed by atoms with Crippen LogP contribution in [0.1, 0.15) is 23.7 Å². The first-order valence-corrected chi connectivity index (χ1v) is 11.6. The summed E-state index contributed by atoms with van der Waals surface area (Å²) in [4.78, 5) is 27.4. The van der Waals surface area contributed by atoms with Gasteiger partial charge in [-0.05, 0) is 42.3 Å². The summed E-state index contributed by atoms with van der Waals surface area (Å²) < 4.78 is 16.6.